The van der Waals surface area contributed by atoms with Crippen LogP contribution in [0.15, 0.2) is 77.0 Å². The van der Waals surface area contributed by atoms with Gasteiger partial charge < -0.3 is 4.74 Å². The molecule has 0 amide bonds. The molecule has 3 aromatic carbocycles. The van der Waals surface area contributed by atoms with Crippen molar-refractivity contribution in [1.82, 2.24) is 19.3 Å². The molecule has 2 aromatic heterocycles. The van der Waals surface area contributed by atoms with Crippen LogP contribution in [0.3, 0.4) is 0 Å². The number of methoxy groups -OCH3 is 1. The van der Waals surface area contributed by atoms with Gasteiger partial charge in [-0.15, -0.1) is 16.4 Å². The fourth-order valence-corrected chi connectivity index (χ4v) is 5.41. The monoisotopic (exact) mass is 464 g/mol. The molecule has 32 heavy (non-hydrogen) atoms. The van der Waals surface area contributed by atoms with Gasteiger partial charge in [-0.2, -0.15) is 4.98 Å². The standard InChI is InChI=1S/C23H20N4O3S2/c1-30-20-9-6-17(7-10-20)22-25-23-27(26-22)19(15-31-23)12-13-24-32(28,29)21-11-8-16-4-2-3-5-18(16)14-21/h2-11,14-15,24H,12-13H2,1H3. The van der Waals surface area contributed by atoms with Crippen molar-refractivity contribution in [3.05, 3.63) is 77.8 Å². The molecule has 0 radical (unpaired) electrons. The number of nitrogens with one attached hydrogen (secondary N) is 1. The van der Waals surface area contributed by atoms with Crippen molar-refractivity contribution in [2.24, 2.45) is 0 Å². The predicted octanol–water partition coefficient (Wildman–Crippen LogP) is 4.14. The predicted molar refractivity (Wildman–Crippen MR) is 126 cm³/mol. The number of benzene rings is 3. The second-order valence-electron chi connectivity index (χ2n) is 7.24. The first kappa shape index (κ1) is 20.6. The van der Waals surface area contributed by atoms with Crippen LogP contribution in [0, 0.1) is 0 Å². The van der Waals surface area contributed by atoms with E-state index in [1.807, 2.05) is 60.0 Å². The minimum absolute atomic E-state index is 0.259. The molecular formula is C23H20N4O3S2. The first-order valence-corrected chi connectivity index (χ1v) is 12.4. The molecule has 9 heteroatoms. The number of fused-ring (bicyclic) bond motifs is 2. The SMILES string of the molecule is COc1ccc(-c2nc3scc(CCNS(=O)(=O)c4ccc5ccccc5c4)n3n2)cc1. The summed E-state index contributed by atoms with van der Waals surface area (Å²) < 4.78 is 35.2. The topological polar surface area (TPSA) is 85.6 Å². The van der Waals surface area contributed by atoms with Gasteiger partial charge in [-0.1, -0.05) is 30.3 Å². The molecule has 2 heterocycles. The molecule has 0 bridgehead atoms. The highest BCUT2D eigenvalue weighted by Gasteiger charge is 2.16. The number of hydrogen-bond donors (Lipinski definition) is 1. The summed E-state index contributed by atoms with van der Waals surface area (Å²) in [4.78, 5) is 5.61. The van der Waals surface area contributed by atoms with Gasteiger partial charge in [-0.25, -0.2) is 17.7 Å². The van der Waals surface area contributed by atoms with Gasteiger partial charge in [-0.3, -0.25) is 0 Å². The zero-order valence-corrected chi connectivity index (χ0v) is 18.9. The van der Waals surface area contributed by atoms with E-state index >= 15 is 0 Å². The van der Waals surface area contributed by atoms with Crippen LogP contribution >= 0.6 is 11.3 Å². The van der Waals surface area contributed by atoms with Gasteiger partial charge in [0.05, 0.1) is 17.7 Å². The Kier molecular flexibility index (Phi) is 5.38. The molecule has 0 aliphatic rings. The molecular weight excluding hydrogens is 444 g/mol. The highest BCUT2D eigenvalue weighted by molar-refractivity contribution is 7.89. The van der Waals surface area contributed by atoms with Crippen molar-refractivity contribution in [2.45, 2.75) is 11.3 Å². The molecule has 0 unspecified atom stereocenters. The van der Waals surface area contributed by atoms with Crippen LogP contribution in [0.2, 0.25) is 0 Å². The van der Waals surface area contributed by atoms with E-state index in [0.717, 1.165) is 32.7 Å². The highest BCUT2D eigenvalue weighted by Crippen LogP contribution is 2.23. The summed E-state index contributed by atoms with van der Waals surface area (Å²) in [6, 6.07) is 20.4. The lowest BCUT2D eigenvalue weighted by atomic mass is 10.1. The van der Waals surface area contributed by atoms with Crippen LogP contribution < -0.4 is 9.46 Å². The van der Waals surface area contributed by atoms with Crippen LogP contribution in [0.4, 0.5) is 0 Å². The maximum Gasteiger partial charge on any atom is 0.240 e. The molecule has 0 fully saturated rings. The molecule has 0 saturated heterocycles. The van der Waals surface area contributed by atoms with E-state index in [9.17, 15) is 8.42 Å². The Morgan fingerprint density at radius 3 is 2.59 bits per heavy atom. The highest BCUT2D eigenvalue weighted by atomic mass is 32.2. The molecule has 0 aliphatic carbocycles. The Morgan fingerprint density at radius 2 is 1.81 bits per heavy atom. The van der Waals surface area contributed by atoms with E-state index in [-0.39, 0.29) is 11.4 Å². The number of hydrogen-bond acceptors (Lipinski definition) is 6. The van der Waals surface area contributed by atoms with Crippen LogP contribution in [-0.2, 0) is 16.4 Å². The van der Waals surface area contributed by atoms with Crippen molar-refractivity contribution >= 4 is 37.1 Å². The van der Waals surface area contributed by atoms with Crippen molar-refractivity contribution in [1.29, 1.82) is 0 Å². The quantitative estimate of drug-likeness (QED) is 0.391. The molecule has 0 atom stereocenters. The van der Waals surface area contributed by atoms with E-state index in [0.29, 0.717) is 12.2 Å². The maximum atomic E-state index is 12.8. The summed E-state index contributed by atoms with van der Waals surface area (Å²) >= 11 is 1.48. The lowest BCUT2D eigenvalue weighted by Crippen LogP contribution is -2.26. The summed E-state index contributed by atoms with van der Waals surface area (Å²) in [5.41, 5.74) is 1.79. The largest absolute Gasteiger partial charge is 0.497 e. The lowest BCUT2D eigenvalue weighted by molar-refractivity contribution is 0.415. The number of thiazole rings is 1. The van der Waals surface area contributed by atoms with E-state index in [1.54, 1.807) is 23.8 Å². The first-order valence-electron chi connectivity index (χ1n) is 9.99. The van der Waals surface area contributed by atoms with Crippen molar-refractivity contribution < 1.29 is 13.2 Å². The zero-order chi connectivity index (χ0) is 22.1. The molecule has 1 N–H and O–H groups in total. The van der Waals surface area contributed by atoms with Gasteiger partial charge in [0, 0.05) is 23.9 Å². The average Bonchev–Trinajstić information content (AvgIpc) is 3.40. The van der Waals surface area contributed by atoms with Gasteiger partial charge in [0.15, 0.2) is 5.82 Å². The minimum atomic E-state index is -3.61. The summed E-state index contributed by atoms with van der Waals surface area (Å²) in [5.74, 6) is 1.40. The fraction of sp³-hybridized carbons (Fsp3) is 0.130. The van der Waals surface area contributed by atoms with Crippen LogP contribution in [0.5, 0.6) is 5.75 Å². The van der Waals surface area contributed by atoms with Gasteiger partial charge in [0.1, 0.15) is 5.75 Å². The average molecular weight is 465 g/mol. The Balaban J connectivity index is 1.30. The second kappa shape index (κ2) is 8.34. The molecule has 0 aliphatic heterocycles. The van der Waals surface area contributed by atoms with E-state index in [4.69, 9.17) is 4.74 Å². The molecule has 5 aromatic rings. The molecule has 162 valence electrons. The van der Waals surface area contributed by atoms with Gasteiger partial charge in [0.2, 0.25) is 15.0 Å². The second-order valence-corrected chi connectivity index (χ2v) is 9.85. The fourth-order valence-electron chi connectivity index (χ4n) is 3.49. The van der Waals surface area contributed by atoms with E-state index in [2.05, 4.69) is 14.8 Å². The van der Waals surface area contributed by atoms with E-state index < -0.39 is 10.0 Å². The summed E-state index contributed by atoms with van der Waals surface area (Å²) in [6.45, 7) is 0.263. The normalized spacial score (nSPS) is 11.9. The maximum absolute atomic E-state index is 12.8. The van der Waals surface area contributed by atoms with Crippen molar-refractivity contribution in [3.63, 3.8) is 0 Å². The Morgan fingerprint density at radius 1 is 1.03 bits per heavy atom. The van der Waals surface area contributed by atoms with Crippen LogP contribution in [-0.4, -0.2) is 36.7 Å². The van der Waals surface area contributed by atoms with E-state index in [1.165, 1.54) is 11.3 Å². The number of aromatic nitrogens is 3. The number of ether oxygens (including phenoxy) is 1. The molecule has 0 spiro atoms. The first-order chi connectivity index (χ1) is 15.5. The number of rotatable bonds is 7. The van der Waals surface area contributed by atoms with Gasteiger partial charge in [0.25, 0.3) is 0 Å². The van der Waals surface area contributed by atoms with Crippen molar-refractivity contribution in [2.75, 3.05) is 13.7 Å². The minimum Gasteiger partial charge on any atom is -0.497 e. The van der Waals surface area contributed by atoms with Gasteiger partial charge in [-0.05, 0) is 47.2 Å². The lowest BCUT2D eigenvalue weighted by Gasteiger charge is -2.07. The Hall–Kier alpha value is -3.27. The van der Waals surface area contributed by atoms with Crippen LogP contribution in [0.25, 0.3) is 27.1 Å². The van der Waals surface area contributed by atoms with Gasteiger partial charge >= 0.3 is 0 Å². The van der Waals surface area contributed by atoms with Crippen LogP contribution in [0.1, 0.15) is 5.69 Å². The Bertz CT molecular complexity index is 1510. The molecule has 0 saturated carbocycles. The summed E-state index contributed by atoms with van der Waals surface area (Å²) in [5, 5.41) is 8.46. The zero-order valence-electron chi connectivity index (χ0n) is 17.2. The molecule has 7 nitrogen and oxygen atoms in total. The Labute approximate surface area is 189 Å². The number of nitrogens with zero attached hydrogens (tertiary/aromatic N) is 3. The summed E-state index contributed by atoms with van der Waals surface area (Å²) in [6.07, 6.45) is 0.498. The third-order valence-electron chi connectivity index (χ3n) is 5.20. The molecule has 5 rings (SSSR count). The third-order valence-corrected chi connectivity index (χ3v) is 7.53. The summed E-state index contributed by atoms with van der Waals surface area (Å²) in [7, 11) is -1.98. The van der Waals surface area contributed by atoms with Crippen molar-refractivity contribution in [3.8, 4) is 17.1 Å². The third kappa shape index (κ3) is 3.97. The smallest absolute Gasteiger partial charge is 0.240 e. The number of sulfonamides is 1.